The minimum Gasteiger partial charge on any atom is -0.469 e. The van der Waals surface area contributed by atoms with Gasteiger partial charge in [0.15, 0.2) is 0 Å². The molecule has 0 bridgehead atoms. The van der Waals surface area contributed by atoms with Gasteiger partial charge in [-0.1, -0.05) is 60.7 Å². The SMILES string of the molecule is COC(=O)C1C[C@H](OCc2ccccc2)[C@@H](OCc2ccccc2)CC1C(=O)OC. The van der Waals surface area contributed by atoms with Gasteiger partial charge in [-0.2, -0.15) is 0 Å². The summed E-state index contributed by atoms with van der Waals surface area (Å²) in [7, 11) is 2.66. The Bertz CT molecular complexity index is 737. The third kappa shape index (κ3) is 5.68. The van der Waals surface area contributed by atoms with Crippen LogP contribution in [0.2, 0.25) is 0 Å². The van der Waals surface area contributed by atoms with Gasteiger partial charge in [-0.25, -0.2) is 0 Å². The van der Waals surface area contributed by atoms with Crippen LogP contribution in [0.1, 0.15) is 24.0 Å². The first-order valence-electron chi connectivity index (χ1n) is 10.1. The van der Waals surface area contributed by atoms with Crippen molar-refractivity contribution < 1.29 is 28.5 Å². The molecule has 1 aliphatic rings. The second-order valence-corrected chi connectivity index (χ2v) is 7.40. The summed E-state index contributed by atoms with van der Waals surface area (Å²) in [6.07, 6.45) is -0.0323. The molecule has 30 heavy (non-hydrogen) atoms. The summed E-state index contributed by atoms with van der Waals surface area (Å²) < 4.78 is 22.2. The maximum atomic E-state index is 12.4. The zero-order valence-corrected chi connectivity index (χ0v) is 17.4. The first-order valence-corrected chi connectivity index (χ1v) is 10.1. The van der Waals surface area contributed by atoms with Crippen molar-refractivity contribution in [2.24, 2.45) is 11.8 Å². The van der Waals surface area contributed by atoms with E-state index in [-0.39, 0.29) is 12.2 Å². The monoisotopic (exact) mass is 412 g/mol. The van der Waals surface area contributed by atoms with E-state index in [0.29, 0.717) is 26.1 Å². The number of carbonyl (C=O) groups excluding carboxylic acids is 2. The lowest BCUT2D eigenvalue weighted by molar-refractivity contribution is -0.174. The van der Waals surface area contributed by atoms with E-state index in [2.05, 4.69) is 0 Å². The van der Waals surface area contributed by atoms with Gasteiger partial charge < -0.3 is 18.9 Å². The zero-order chi connectivity index (χ0) is 21.3. The molecule has 0 heterocycles. The molecule has 6 nitrogen and oxygen atoms in total. The normalized spacial score (nSPS) is 23.5. The minimum absolute atomic E-state index is 0.332. The number of methoxy groups -OCH3 is 2. The number of benzene rings is 2. The van der Waals surface area contributed by atoms with Gasteiger partial charge in [0.25, 0.3) is 0 Å². The van der Waals surface area contributed by atoms with E-state index in [1.165, 1.54) is 14.2 Å². The van der Waals surface area contributed by atoms with Gasteiger partial charge in [-0.05, 0) is 24.0 Å². The molecule has 0 aromatic heterocycles. The first kappa shape index (κ1) is 22.0. The van der Waals surface area contributed by atoms with Crippen LogP contribution in [0.25, 0.3) is 0 Å². The predicted molar refractivity (Wildman–Crippen MR) is 110 cm³/mol. The molecule has 2 aromatic rings. The molecule has 2 unspecified atom stereocenters. The fourth-order valence-electron chi connectivity index (χ4n) is 3.86. The van der Waals surface area contributed by atoms with Gasteiger partial charge >= 0.3 is 11.9 Å². The lowest BCUT2D eigenvalue weighted by atomic mass is 9.76. The van der Waals surface area contributed by atoms with E-state index in [1.807, 2.05) is 60.7 Å². The van der Waals surface area contributed by atoms with E-state index in [4.69, 9.17) is 18.9 Å². The molecule has 0 N–H and O–H groups in total. The van der Waals surface area contributed by atoms with Crippen molar-refractivity contribution in [1.82, 2.24) is 0 Å². The lowest BCUT2D eigenvalue weighted by Gasteiger charge is -2.38. The van der Waals surface area contributed by atoms with Crippen molar-refractivity contribution in [3.63, 3.8) is 0 Å². The van der Waals surface area contributed by atoms with Gasteiger partial charge in [0, 0.05) is 0 Å². The van der Waals surface area contributed by atoms with Gasteiger partial charge in [-0.3, -0.25) is 9.59 Å². The molecular weight excluding hydrogens is 384 g/mol. The standard InChI is InChI=1S/C24H28O6/c1-27-23(25)19-13-21(29-15-17-9-5-3-6-10-17)22(14-20(19)24(26)28-2)30-16-18-11-7-4-8-12-18/h3-12,19-22H,13-16H2,1-2H3/t19?,20?,21-,22-/m0/s1. The summed E-state index contributed by atoms with van der Waals surface area (Å²) in [5, 5.41) is 0. The predicted octanol–water partition coefficient (Wildman–Crippen LogP) is 3.53. The first-order chi connectivity index (χ1) is 14.6. The highest BCUT2D eigenvalue weighted by atomic mass is 16.5. The Morgan fingerprint density at radius 2 is 1.07 bits per heavy atom. The van der Waals surface area contributed by atoms with Crippen molar-refractivity contribution in [1.29, 1.82) is 0 Å². The van der Waals surface area contributed by atoms with E-state index >= 15 is 0 Å². The van der Waals surface area contributed by atoms with Crippen LogP contribution < -0.4 is 0 Å². The Balaban J connectivity index is 1.76. The van der Waals surface area contributed by atoms with Crippen LogP contribution in [-0.2, 0) is 41.8 Å². The smallest absolute Gasteiger partial charge is 0.309 e. The summed E-state index contributed by atoms with van der Waals surface area (Å²) >= 11 is 0. The molecule has 0 aliphatic heterocycles. The molecule has 3 rings (SSSR count). The van der Waals surface area contributed by atoms with Crippen LogP contribution in [0.5, 0.6) is 0 Å². The topological polar surface area (TPSA) is 71.1 Å². The fourth-order valence-corrected chi connectivity index (χ4v) is 3.86. The maximum Gasteiger partial charge on any atom is 0.309 e. The fraction of sp³-hybridized carbons (Fsp3) is 0.417. The molecule has 0 spiro atoms. The van der Waals surface area contributed by atoms with Crippen molar-refractivity contribution >= 4 is 11.9 Å². The van der Waals surface area contributed by atoms with Crippen LogP contribution >= 0.6 is 0 Å². The van der Waals surface area contributed by atoms with Gasteiger partial charge in [-0.15, -0.1) is 0 Å². The third-order valence-electron chi connectivity index (χ3n) is 5.49. The highest BCUT2D eigenvalue weighted by Gasteiger charge is 2.46. The number of rotatable bonds is 8. The van der Waals surface area contributed by atoms with E-state index in [0.717, 1.165) is 11.1 Å². The van der Waals surface area contributed by atoms with Crippen molar-refractivity contribution in [3.05, 3.63) is 71.8 Å². The molecule has 6 heteroatoms. The molecule has 0 saturated heterocycles. The average Bonchev–Trinajstić information content (AvgIpc) is 2.81. The molecular formula is C24H28O6. The molecule has 0 amide bonds. The molecule has 2 aromatic carbocycles. The number of esters is 2. The van der Waals surface area contributed by atoms with Crippen molar-refractivity contribution in [2.75, 3.05) is 14.2 Å². The van der Waals surface area contributed by atoms with Gasteiger partial charge in [0.05, 0.1) is 51.5 Å². The van der Waals surface area contributed by atoms with Crippen molar-refractivity contribution in [2.45, 2.75) is 38.3 Å². The summed E-state index contributed by atoms with van der Waals surface area (Å²) in [6, 6.07) is 19.6. The van der Waals surface area contributed by atoms with Crippen LogP contribution in [0.4, 0.5) is 0 Å². The number of carbonyl (C=O) groups is 2. The summed E-state index contributed by atoms with van der Waals surface area (Å²) in [4.78, 5) is 24.8. The number of hydrogen-bond donors (Lipinski definition) is 0. The van der Waals surface area contributed by atoms with E-state index in [1.54, 1.807) is 0 Å². The Morgan fingerprint density at radius 3 is 1.40 bits per heavy atom. The number of hydrogen-bond acceptors (Lipinski definition) is 6. The number of ether oxygens (including phenoxy) is 4. The Kier molecular flexibility index (Phi) is 7.99. The summed E-state index contributed by atoms with van der Waals surface area (Å²) in [5.74, 6) is -2.11. The van der Waals surface area contributed by atoms with E-state index in [9.17, 15) is 9.59 Å². The maximum absolute atomic E-state index is 12.4. The molecule has 160 valence electrons. The summed E-state index contributed by atoms with van der Waals surface area (Å²) in [5.41, 5.74) is 2.06. The lowest BCUT2D eigenvalue weighted by Crippen LogP contribution is -2.47. The van der Waals surface area contributed by atoms with Crippen LogP contribution in [-0.4, -0.2) is 38.4 Å². The summed E-state index contributed by atoms with van der Waals surface area (Å²) in [6.45, 7) is 0.793. The molecule has 1 saturated carbocycles. The third-order valence-corrected chi connectivity index (χ3v) is 5.49. The quantitative estimate of drug-likeness (QED) is 0.618. The van der Waals surface area contributed by atoms with Crippen LogP contribution in [0.15, 0.2) is 60.7 Å². The van der Waals surface area contributed by atoms with Gasteiger partial charge in [0.1, 0.15) is 0 Å². The zero-order valence-electron chi connectivity index (χ0n) is 17.4. The van der Waals surface area contributed by atoms with Crippen LogP contribution in [0.3, 0.4) is 0 Å². The largest absolute Gasteiger partial charge is 0.469 e. The highest BCUT2D eigenvalue weighted by Crippen LogP contribution is 2.36. The Hall–Kier alpha value is -2.70. The Morgan fingerprint density at radius 1 is 0.700 bits per heavy atom. The van der Waals surface area contributed by atoms with Crippen LogP contribution in [0, 0.1) is 11.8 Å². The second-order valence-electron chi connectivity index (χ2n) is 7.40. The minimum atomic E-state index is -0.625. The van der Waals surface area contributed by atoms with E-state index < -0.39 is 23.8 Å². The second kappa shape index (κ2) is 10.9. The molecule has 1 fully saturated rings. The van der Waals surface area contributed by atoms with Crippen molar-refractivity contribution in [3.8, 4) is 0 Å². The molecule has 1 aliphatic carbocycles. The Labute approximate surface area is 177 Å². The average molecular weight is 412 g/mol. The van der Waals surface area contributed by atoms with Gasteiger partial charge in [0.2, 0.25) is 0 Å². The highest BCUT2D eigenvalue weighted by molar-refractivity contribution is 5.82. The molecule has 4 atom stereocenters. The molecule has 0 radical (unpaired) electrons.